The van der Waals surface area contributed by atoms with Crippen molar-refractivity contribution in [2.24, 2.45) is 5.14 Å². The maximum Gasteiger partial charge on any atom is 0.167 e. The van der Waals surface area contributed by atoms with Gasteiger partial charge < -0.3 is 4.52 Å². The summed E-state index contributed by atoms with van der Waals surface area (Å²) >= 11 is 3.46. The van der Waals surface area contributed by atoms with Crippen LogP contribution in [0, 0.1) is 0 Å². The van der Waals surface area contributed by atoms with Crippen molar-refractivity contribution in [3.05, 3.63) is 82.6 Å². The first-order valence-corrected chi connectivity index (χ1v) is 12.1. The predicted octanol–water partition coefficient (Wildman–Crippen LogP) is 5.77. The molecule has 0 saturated carbocycles. The van der Waals surface area contributed by atoms with Gasteiger partial charge in [0.2, 0.25) is 0 Å². The van der Waals surface area contributed by atoms with Crippen molar-refractivity contribution in [1.82, 2.24) is 10.1 Å². The van der Waals surface area contributed by atoms with Gasteiger partial charge in [0.25, 0.3) is 0 Å². The number of rotatable bonds is 7. The molecular formula is C24H24BrN3O2S. The van der Waals surface area contributed by atoms with E-state index < -0.39 is 15.7 Å². The van der Waals surface area contributed by atoms with E-state index >= 15 is 0 Å². The summed E-state index contributed by atoms with van der Waals surface area (Å²) in [6.07, 6.45) is 1.32. The van der Waals surface area contributed by atoms with Gasteiger partial charge in [-0.3, -0.25) is 5.14 Å². The van der Waals surface area contributed by atoms with E-state index in [-0.39, 0.29) is 5.92 Å². The Morgan fingerprint density at radius 3 is 2.58 bits per heavy atom. The molecule has 0 aliphatic rings. The zero-order valence-corrected chi connectivity index (χ0v) is 19.8. The topological polar surface area (TPSA) is 82.0 Å². The van der Waals surface area contributed by atoms with Crippen LogP contribution in [0.5, 0.6) is 0 Å². The van der Waals surface area contributed by atoms with Gasteiger partial charge in [0.1, 0.15) is 10.3 Å². The number of hydrogen-bond donors (Lipinski definition) is 1. The molecule has 0 bridgehead atoms. The number of halogens is 1. The van der Waals surface area contributed by atoms with Gasteiger partial charge in [0, 0.05) is 16.6 Å². The molecule has 0 aliphatic carbocycles. The van der Waals surface area contributed by atoms with Crippen molar-refractivity contribution in [2.45, 2.75) is 37.4 Å². The lowest BCUT2D eigenvalue weighted by molar-refractivity contribution is 0.459. The number of fused-ring (bicyclic) bond motifs is 1. The Kier molecular flexibility index (Phi) is 6.36. The van der Waals surface area contributed by atoms with E-state index in [1.54, 1.807) is 0 Å². The Morgan fingerprint density at radius 1 is 1.06 bits per heavy atom. The highest BCUT2D eigenvalue weighted by Gasteiger charge is 2.31. The van der Waals surface area contributed by atoms with Crippen LogP contribution in [0.2, 0.25) is 0 Å². The second kappa shape index (κ2) is 9.02. The summed E-state index contributed by atoms with van der Waals surface area (Å²) in [7, 11) is -1.46. The average molecular weight is 498 g/mol. The summed E-state index contributed by atoms with van der Waals surface area (Å²) in [4.78, 5) is 4.63. The minimum Gasteiger partial charge on any atom is -0.356 e. The second-order valence-electron chi connectivity index (χ2n) is 8.23. The number of para-hydroxylation sites is 1. The monoisotopic (exact) mass is 497 g/mol. The van der Waals surface area contributed by atoms with E-state index in [2.05, 4.69) is 38.2 Å². The fourth-order valence-electron chi connectivity index (χ4n) is 3.93. The van der Waals surface area contributed by atoms with Crippen LogP contribution in [0.3, 0.4) is 0 Å². The highest BCUT2D eigenvalue weighted by Crippen LogP contribution is 2.38. The number of nitrogens with two attached hydrogens (primary N) is 1. The van der Waals surface area contributed by atoms with E-state index in [0.29, 0.717) is 12.8 Å². The van der Waals surface area contributed by atoms with Crippen LogP contribution in [0.4, 0.5) is 0 Å². The number of nitrogens with zero attached hydrogens (tertiary/aromatic N) is 2. The van der Waals surface area contributed by atoms with Crippen molar-refractivity contribution in [3.8, 4) is 11.3 Å². The molecule has 0 amide bonds. The number of pyridine rings is 1. The number of benzene rings is 2. The summed E-state index contributed by atoms with van der Waals surface area (Å²) in [6.45, 7) is 3.89. The van der Waals surface area contributed by atoms with Crippen molar-refractivity contribution >= 4 is 37.9 Å². The zero-order valence-electron chi connectivity index (χ0n) is 17.4. The highest BCUT2D eigenvalue weighted by molar-refractivity contribution is 9.10. The lowest BCUT2D eigenvalue weighted by Gasteiger charge is -2.28. The molecule has 0 radical (unpaired) electrons. The van der Waals surface area contributed by atoms with E-state index in [0.717, 1.165) is 38.1 Å². The highest BCUT2D eigenvalue weighted by atomic mass is 79.9. The first-order valence-electron chi connectivity index (χ1n) is 10.1. The molecule has 1 unspecified atom stereocenters. The molecule has 7 heteroatoms. The van der Waals surface area contributed by atoms with Crippen molar-refractivity contribution in [1.29, 1.82) is 0 Å². The molecule has 31 heavy (non-hydrogen) atoms. The Labute approximate surface area is 192 Å². The minimum absolute atomic E-state index is 0.0379. The standard InChI is InChI=1S/C24H24BrN3O2S/c1-24(2,31(26)29)15-16(14-17-8-7-13-22(25)27-17)18-9-3-4-10-19(18)23-20-11-5-6-12-21(20)30-28-23/h3-13,16H,14-15,26H2,1-2H3/t16-,31?/m0/s1. The molecule has 4 rings (SSSR count). The largest absolute Gasteiger partial charge is 0.356 e. The molecule has 0 saturated heterocycles. The van der Waals surface area contributed by atoms with Crippen molar-refractivity contribution in [2.75, 3.05) is 0 Å². The fraction of sp³-hybridized carbons (Fsp3) is 0.250. The molecule has 2 aromatic heterocycles. The fourth-order valence-corrected chi connectivity index (χ4v) is 4.68. The van der Waals surface area contributed by atoms with Crippen LogP contribution in [0.15, 0.2) is 75.9 Å². The van der Waals surface area contributed by atoms with Crippen molar-refractivity contribution < 1.29 is 8.73 Å². The molecule has 2 aromatic carbocycles. The van der Waals surface area contributed by atoms with Gasteiger partial charge in [0.15, 0.2) is 5.58 Å². The van der Waals surface area contributed by atoms with Gasteiger partial charge in [-0.05, 0) is 78.4 Å². The second-order valence-corrected chi connectivity index (χ2v) is 10.7. The lowest BCUT2D eigenvalue weighted by Crippen LogP contribution is -2.34. The van der Waals surface area contributed by atoms with Crippen LogP contribution in [0.1, 0.15) is 37.4 Å². The summed E-state index contributed by atoms with van der Waals surface area (Å²) in [5.74, 6) is 0.0379. The average Bonchev–Trinajstić information content (AvgIpc) is 3.17. The molecule has 0 fully saturated rings. The Balaban J connectivity index is 1.82. The van der Waals surface area contributed by atoms with Crippen LogP contribution in [0.25, 0.3) is 22.2 Å². The quantitative estimate of drug-likeness (QED) is 0.328. The number of aromatic nitrogens is 2. The molecule has 2 heterocycles. The Hall–Kier alpha value is -2.35. The maximum atomic E-state index is 12.3. The smallest absolute Gasteiger partial charge is 0.167 e. The van der Waals surface area contributed by atoms with Gasteiger partial charge >= 0.3 is 0 Å². The van der Waals surface area contributed by atoms with E-state index in [4.69, 9.17) is 9.66 Å². The van der Waals surface area contributed by atoms with E-state index in [1.807, 2.05) is 68.4 Å². The molecule has 5 nitrogen and oxygen atoms in total. The summed E-state index contributed by atoms with van der Waals surface area (Å²) in [5, 5.41) is 11.2. The molecule has 0 spiro atoms. The third kappa shape index (κ3) is 4.79. The van der Waals surface area contributed by atoms with Crippen LogP contribution >= 0.6 is 15.9 Å². The normalized spacial score (nSPS) is 13.9. The van der Waals surface area contributed by atoms with Crippen molar-refractivity contribution in [3.63, 3.8) is 0 Å². The third-order valence-electron chi connectivity index (χ3n) is 5.54. The van der Waals surface area contributed by atoms with Crippen LogP contribution in [-0.4, -0.2) is 19.1 Å². The third-order valence-corrected chi connectivity index (χ3v) is 7.24. The molecule has 160 valence electrons. The Bertz CT molecular complexity index is 1240. The van der Waals surface area contributed by atoms with Crippen LogP contribution in [-0.2, 0) is 17.4 Å². The van der Waals surface area contributed by atoms with E-state index in [1.165, 1.54) is 0 Å². The summed E-state index contributed by atoms with van der Waals surface area (Å²) in [6, 6.07) is 21.9. The Morgan fingerprint density at radius 2 is 1.81 bits per heavy atom. The predicted molar refractivity (Wildman–Crippen MR) is 129 cm³/mol. The van der Waals surface area contributed by atoms with Gasteiger partial charge in [-0.1, -0.05) is 47.6 Å². The minimum atomic E-state index is -1.46. The first-order chi connectivity index (χ1) is 14.8. The van der Waals surface area contributed by atoms with Gasteiger partial charge in [-0.25, -0.2) is 9.19 Å². The maximum absolute atomic E-state index is 12.3. The van der Waals surface area contributed by atoms with E-state index in [9.17, 15) is 4.21 Å². The summed E-state index contributed by atoms with van der Waals surface area (Å²) < 4.78 is 18.1. The molecule has 4 aromatic rings. The first kappa shape index (κ1) is 21.9. The summed E-state index contributed by atoms with van der Waals surface area (Å²) in [5.41, 5.74) is 4.64. The number of hydrogen-bond acceptors (Lipinski definition) is 4. The SMILES string of the molecule is CC(C)(C[C@H](Cc1cccc(Br)n1)c1ccccc1-c1noc2ccccc12)S(N)=O. The molecule has 2 atom stereocenters. The zero-order chi connectivity index (χ0) is 22.0. The van der Waals surface area contributed by atoms with Gasteiger partial charge in [-0.15, -0.1) is 0 Å². The van der Waals surface area contributed by atoms with Gasteiger partial charge in [-0.2, -0.15) is 0 Å². The van der Waals surface area contributed by atoms with Crippen LogP contribution < -0.4 is 5.14 Å². The molecule has 2 N–H and O–H groups in total. The molecular weight excluding hydrogens is 474 g/mol. The van der Waals surface area contributed by atoms with Gasteiger partial charge in [0.05, 0.1) is 15.7 Å². The lowest BCUT2D eigenvalue weighted by atomic mass is 9.83. The molecule has 0 aliphatic heterocycles.